The second kappa shape index (κ2) is 6.88. The number of benzene rings is 1. The summed E-state index contributed by atoms with van der Waals surface area (Å²) in [5.41, 5.74) is 2.20. The highest BCUT2D eigenvalue weighted by Gasteiger charge is 2.23. The normalized spacial score (nSPS) is 12.9. The average Bonchev–Trinajstić information content (AvgIpc) is 2.87. The lowest BCUT2D eigenvalue weighted by molar-refractivity contribution is -0.137. The topological polar surface area (TPSA) is 86.7 Å². The molecular formula is C15H18N2O4. The third-order valence-corrected chi connectivity index (χ3v) is 3.42. The fourth-order valence-corrected chi connectivity index (χ4v) is 2.30. The van der Waals surface area contributed by atoms with Crippen molar-refractivity contribution in [2.24, 2.45) is 0 Å². The molecule has 0 aliphatic carbocycles. The number of unbranched alkanes of at least 4 members (excludes halogenated alkanes) is 1. The van der Waals surface area contributed by atoms with Crippen LogP contribution in [-0.2, 0) is 22.7 Å². The molecule has 21 heavy (non-hydrogen) atoms. The highest BCUT2D eigenvalue weighted by atomic mass is 16.4. The van der Waals surface area contributed by atoms with E-state index >= 15 is 0 Å². The molecule has 0 unspecified atom stereocenters. The summed E-state index contributed by atoms with van der Waals surface area (Å²) in [6.07, 6.45) is 1.11. The Balaban J connectivity index is 1.73. The van der Waals surface area contributed by atoms with Gasteiger partial charge in [0.1, 0.15) is 0 Å². The highest BCUT2D eigenvalue weighted by molar-refractivity contribution is 5.94. The molecule has 6 nitrogen and oxygen atoms in total. The minimum Gasteiger partial charge on any atom is -0.481 e. The summed E-state index contributed by atoms with van der Waals surface area (Å²) in [5.74, 6) is -1.23. The first-order valence-electron chi connectivity index (χ1n) is 6.93. The molecule has 6 heteroatoms. The molecule has 0 radical (unpaired) electrons. The molecule has 0 spiro atoms. The number of carboxylic acids is 1. The summed E-state index contributed by atoms with van der Waals surface area (Å²) in [6, 6.07) is 7.39. The minimum absolute atomic E-state index is 0.0443. The van der Waals surface area contributed by atoms with E-state index in [2.05, 4.69) is 5.32 Å². The number of urea groups is 1. The van der Waals surface area contributed by atoms with Gasteiger partial charge in [0, 0.05) is 25.9 Å². The van der Waals surface area contributed by atoms with E-state index in [4.69, 9.17) is 5.11 Å². The number of aliphatic carboxylic acids is 1. The van der Waals surface area contributed by atoms with Crippen LogP contribution >= 0.6 is 0 Å². The molecule has 0 saturated heterocycles. The van der Waals surface area contributed by atoms with Gasteiger partial charge in [0.15, 0.2) is 0 Å². The molecule has 1 heterocycles. The standard InChI is InChI=1S/C15H18N2O4/c18-13(7-3-4-8-14(19)20)16-15(21)17-9-11-5-1-2-6-12(11)10-17/h1-2,5-6H,3-4,7-10H2,(H,19,20)(H,16,18,21). The molecule has 1 aromatic carbocycles. The Labute approximate surface area is 122 Å². The van der Waals surface area contributed by atoms with E-state index in [-0.39, 0.29) is 18.7 Å². The van der Waals surface area contributed by atoms with Crippen molar-refractivity contribution in [2.45, 2.75) is 38.8 Å². The van der Waals surface area contributed by atoms with Gasteiger partial charge in [0.2, 0.25) is 5.91 Å². The van der Waals surface area contributed by atoms with Crippen LogP contribution in [0.1, 0.15) is 36.8 Å². The zero-order valence-corrected chi connectivity index (χ0v) is 11.7. The van der Waals surface area contributed by atoms with Gasteiger partial charge in [-0.15, -0.1) is 0 Å². The van der Waals surface area contributed by atoms with Crippen molar-refractivity contribution in [1.29, 1.82) is 0 Å². The molecule has 1 aliphatic heterocycles. The van der Waals surface area contributed by atoms with Crippen LogP contribution in [0.4, 0.5) is 4.79 Å². The number of carbonyl (C=O) groups is 3. The van der Waals surface area contributed by atoms with E-state index in [1.54, 1.807) is 4.90 Å². The minimum atomic E-state index is -0.874. The predicted octanol–water partition coefficient (Wildman–Crippen LogP) is 1.88. The second-order valence-corrected chi connectivity index (χ2v) is 5.08. The lowest BCUT2D eigenvalue weighted by Gasteiger charge is -2.15. The maximum atomic E-state index is 12.0. The number of amides is 3. The van der Waals surface area contributed by atoms with Gasteiger partial charge in [0.05, 0.1) is 0 Å². The maximum Gasteiger partial charge on any atom is 0.324 e. The number of hydrogen-bond donors (Lipinski definition) is 2. The second-order valence-electron chi connectivity index (χ2n) is 5.08. The smallest absolute Gasteiger partial charge is 0.324 e. The number of carboxylic acid groups (broad SMARTS) is 1. The predicted molar refractivity (Wildman–Crippen MR) is 75.3 cm³/mol. The van der Waals surface area contributed by atoms with Crippen molar-refractivity contribution in [3.05, 3.63) is 35.4 Å². The molecule has 0 atom stereocenters. The molecule has 0 fully saturated rings. The van der Waals surface area contributed by atoms with Crippen LogP contribution < -0.4 is 5.32 Å². The number of nitrogens with zero attached hydrogens (tertiary/aromatic N) is 1. The van der Waals surface area contributed by atoms with Crippen molar-refractivity contribution in [2.75, 3.05) is 0 Å². The molecular weight excluding hydrogens is 272 g/mol. The summed E-state index contributed by atoms with van der Waals surface area (Å²) in [4.78, 5) is 35.5. The number of hydrogen-bond acceptors (Lipinski definition) is 3. The van der Waals surface area contributed by atoms with E-state index in [0.29, 0.717) is 25.9 Å². The van der Waals surface area contributed by atoms with Gasteiger partial charge in [-0.1, -0.05) is 24.3 Å². The average molecular weight is 290 g/mol. The van der Waals surface area contributed by atoms with Crippen LogP contribution in [0.15, 0.2) is 24.3 Å². The lowest BCUT2D eigenvalue weighted by Crippen LogP contribution is -2.40. The molecule has 0 aromatic heterocycles. The van der Waals surface area contributed by atoms with Crippen molar-refractivity contribution in [3.8, 4) is 0 Å². The Morgan fingerprint density at radius 2 is 1.62 bits per heavy atom. The van der Waals surface area contributed by atoms with Crippen LogP contribution in [-0.4, -0.2) is 27.9 Å². The number of rotatable bonds is 5. The van der Waals surface area contributed by atoms with Crippen molar-refractivity contribution >= 4 is 17.9 Å². The molecule has 1 aliphatic rings. The lowest BCUT2D eigenvalue weighted by atomic mass is 10.1. The van der Waals surface area contributed by atoms with E-state index in [1.807, 2.05) is 24.3 Å². The van der Waals surface area contributed by atoms with Crippen molar-refractivity contribution in [3.63, 3.8) is 0 Å². The van der Waals surface area contributed by atoms with Gasteiger partial charge >= 0.3 is 12.0 Å². The van der Waals surface area contributed by atoms with Crippen LogP contribution in [0.2, 0.25) is 0 Å². The van der Waals surface area contributed by atoms with E-state index in [0.717, 1.165) is 11.1 Å². The summed E-state index contributed by atoms with van der Waals surface area (Å²) in [5, 5.41) is 10.8. The maximum absolute atomic E-state index is 12.0. The van der Waals surface area contributed by atoms with Crippen LogP contribution in [0.3, 0.4) is 0 Å². The Kier molecular flexibility index (Phi) is 4.92. The van der Waals surface area contributed by atoms with Gasteiger partial charge in [-0.05, 0) is 24.0 Å². The summed E-state index contributed by atoms with van der Waals surface area (Å²) in [7, 11) is 0. The van der Waals surface area contributed by atoms with E-state index < -0.39 is 12.0 Å². The van der Waals surface area contributed by atoms with Crippen LogP contribution in [0, 0.1) is 0 Å². The number of nitrogens with one attached hydrogen (secondary N) is 1. The van der Waals surface area contributed by atoms with Crippen molar-refractivity contribution in [1.82, 2.24) is 10.2 Å². The van der Waals surface area contributed by atoms with Crippen molar-refractivity contribution < 1.29 is 19.5 Å². The molecule has 112 valence electrons. The largest absolute Gasteiger partial charge is 0.481 e. The first kappa shape index (κ1) is 15.0. The molecule has 0 bridgehead atoms. The van der Waals surface area contributed by atoms with E-state index in [9.17, 15) is 14.4 Å². The third kappa shape index (κ3) is 4.30. The molecule has 0 saturated carbocycles. The van der Waals surface area contributed by atoms with Crippen LogP contribution in [0.5, 0.6) is 0 Å². The SMILES string of the molecule is O=C(O)CCCCC(=O)NC(=O)N1Cc2ccccc2C1. The summed E-state index contributed by atoms with van der Waals surface area (Å²) in [6.45, 7) is 1.02. The molecule has 3 amide bonds. The van der Waals surface area contributed by atoms with Gasteiger partial charge in [-0.25, -0.2) is 4.79 Å². The zero-order valence-electron chi connectivity index (χ0n) is 11.7. The fraction of sp³-hybridized carbons (Fsp3) is 0.400. The molecule has 1 aromatic rings. The number of imide groups is 1. The monoisotopic (exact) mass is 290 g/mol. The third-order valence-electron chi connectivity index (χ3n) is 3.42. The summed E-state index contributed by atoms with van der Waals surface area (Å²) < 4.78 is 0. The Bertz CT molecular complexity index is 531. The van der Waals surface area contributed by atoms with Gasteiger partial charge < -0.3 is 10.0 Å². The van der Waals surface area contributed by atoms with Gasteiger partial charge in [-0.3, -0.25) is 14.9 Å². The summed E-state index contributed by atoms with van der Waals surface area (Å²) >= 11 is 0. The molecule has 2 rings (SSSR count). The highest BCUT2D eigenvalue weighted by Crippen LogP contribution is 2.21. The fourth-order valence-electron chi connectivity index (χ4n) is 2.30. The first-order valence-corrected chi connectivity index (χ1v) is 6.93. The number of carbonyl (C=O) groups excluding carboxylic acids is 2. The Hall–Kier alpha value is -2.37. The molecule has 2 N–H and O–H groups in total. The van der Waals surface area contributed by atoms with Gasteiger partial charge in [0.25, 0.3) is 0 Å². The van der Waals surface area contributed by atoms with Gasteiger partial charge in [-0.2, -0.15) is 0 Å². The first-order chi connectivity index (χ1) is 10.1. The number of fused-ring (bicyclic) bond motifs is 1. The quantitative estimate of drug-likeness (QED) is 0.811. The van der Waals surface area contributed by atoms with E-state index in [1.165, 1.54) is 0 Å². The Morgan fingerprint density at radius 1 is 1.05 bits per heavy atom. The van der Waals surface area contributed by atoms with Crippen LogP contribution in [0.25, 0.3) is 0 Å². The zero-order chi connectivity index (χ0) is 15.2. The Morgan fingerprint density at radius 3 is 2.19 bits per heavy atom.